The first kappa shape index (κ1) is 12.0. The normalized spacial score (nSPS) is 9.78. The summed E-state index contributed by atoms with van der Waals surface area (Å²) in [6.07, 6.45) is 0. The molecule has 0 bridgehead atoms. The number of benzene rings is 2. The molecular formula is C14H13NO3. The van der Waals surface area contributed by atoms with E-state index in [0.717, 1.165) is 0 Å². The van der Waals surface area contributed by atoms with E-state index >= 15 is 0 Å². The number of amides is 1. The van der Waals surface area contributed by atoms with Crippen LogP contribution in [0.2, 0.25) is 0 Å². The highest BCUT2D eigenvalue weighted by Crippen LogP contribution is 2.13. The van der Waals surface area contributed by atoms with E-state index in [1.54, 1.807) is 24.3 Å². The van der Waals surface area contributed by atoms with E-state index in [9.17, 15) is 4.79 Å². The van der Waals surface area contributed by atoms with Crippen LogP contribution in [0.1, 0.15) is 0 Å². The van der Waals surface area contributed by atoms with Crippen LogP contribution >= 0.6 is 0 Å². The maximum atomic E-state index is 11.6. The highest BCUT2D eigenvalue weighted by Gasteiger charge is 2.03. The molecule has 0 spiro atoms. The molecular weight excluding hydrogens is 230 g/mol. The summed E-state index contributed by atoms with van der Waals surface area (Å²) in [5, 5.41) is 11.8. The summed E-state index contributed by atoms with van der Waals surface area (Å²) < 4.78 is 5.30. The third-order valence-electron chi connectivity index (χ3n) is 2.26. The summed E-state index contributed by atoms with van der Waals surface area (Å²) in [5.74, 6) is 0.566. The number of carbonyl (C=O) groups is 1. The molecule has 92 valence electrons. The number of rotatable bonds is 4. The Balaban J connectivity index is 1.84. The van der Waals surface area contributed by atoms with Crippen LogP contribution in [0.25, 0.3) is 0 Å². The maximum Gasteiger partial charge on any atom is 0.262 e. The molecule has 2 N–H and O–H groups in total. The van der Waals surface area contributed by atoms with Crippen molar-refractivity contribution in [3.05, 3.63) is 54.6 Å². The molecule has 4 nitrogen and oxygen atoms in total. The molecule has 2 aromatic rings. The van der Waals surface area contributed by atoms with Crippen LogP contribution in [0.5, 0.6) is 11.5 Å². The molecule has 2 aromatic carbocycles. The average molecular weight is 243 g/mol. The Bertz CT molecular complexity index is 508. The Labute approximate surface area is 105 Å². The molecule has 1 amide bonds. The Morgan fingerprint density at radius 1 is 1.06 bits per heavy atom. The van der Waals surface area contributed by atoms with Crippen molar-refractivity contribution in [1.82, 2.24) is 0 Å². The molecule has 4 heteroatoms. The second-order valence-electron chi connectivity index (χ2n) is 3.70. The summed E-state index contributed by atoms with van der Waals surface area (Å²) in [6, 6.07) is 15.4. The summed E-state index contributed by atoms with van der Waals surface area (Å²) in [7, 11) is 0. The molecule has 2 rings (SSSR count). The molecule has 0 unspecified atom stereocenters. The zero-order chi connectivity index (χ0) is 12.8. The van der Waals surface area contributed by atoms with E-state index in [2.05, 4.69) is 5.32 Å². The van der Waals surface area contributed by atoms with Crippen molar-refractivity contribution in [2.45, 2.75) is 0 Å². The monoisotopic (exact) mass is 243 g/mol. The number of carbonyl (C=O) groups excluding carboxylic acids is 1. The lowest BCUT2D eigenvalue weighted by Gasteiger charge is -2.07. The van der Waals surface area contributed by atoms with Crippen LogP contribution in [0.4, 0.5) is 5.69 Å². The summed E-state index contributed by atoms with van der Waals surface area (Å²) in [6.45, 7) is -0.0507. The van der Waals surface area contributed by atoms with Crippen LogP contribution in [-0.4, -0.2) is 17.6 Å². The Hall–Kier alpha value is -2.49. The lowest BCUT2D eigenvalue weighted by Crippen LogP contribution is -2.19. The van der Waals surface area contributed by atoms with Crippen molar-refractivity contribution in [2.24, 2.45) is 0 Å². The Kier molecular flexibility index (Phi) is 3.81. The number of phenols is 1. The predicted octanol–water partition coefficient (Wildman–Crippen LogP) is 2.41. The number of phenolic OH excluding ortho intramolecular Hbond substituents is 1. The van der Waals surface area contributed by atoms with E-state index in [0.29, 0.717) is 11.4 Å². The molecule has 0 heterocycles. The zero-order valence-electron chi connectivity index (χ0n) is 9.67. The van der Waals surface area contributed by atoms with Crippen LogP contribution in [0.15, 0.2) is 54.6 Å². The van der Waals surface area contributed by atoms with Gasteiger partial charge in [0.05, 0.1) is 0 Å². The van der Waals surface area contributed by atoms with E-state index in [1.807, 2.05) is 18.2 Å². The number of hydrogen-bond acceptors (Lipinski definition) is 3. The number of aromatic hydroxyl groups is 1. The number of nitrogens with one attached hydrogen (secondary N) is 1. The van der Waals surface area contributed by atoms with Crippen molar-refractivity contribution in [3.8, 4) is 11.5 Å². The van der Waals surface area contributed by atoms with Gasteiger partial charge in [0.2, 0.25) is 0 Å². The second kappa shape index (κ2) is 5.72. The zero-order valence-corrected chi connectivity index (χ0v) is 9.67. The fraction of sp³-hybridized carbons (Fsp3) is 0.0714. The standard InChI is InChI=1S/C14H13NO3/c16-12-8-6-11(7-9-12)15-14(17)10-18-13-4-2-1-3-5-13/h1-9,16H,10H2,(H,15,17). The molecule has 0 saturated heterocycles. The van der Waals surface area contributed by atoms with Gasteiger partial charge >= 0.3 is 0 Å². The summed E-state index contributed by atoms with van der Waals surface area (Å²) >= 11 is 0. The fourth-order valence-electron chi connectivity index (χ4n) is 1.41. The molecule has 0 saturated carbocycles. The van der Waals surface area contributed by atoms with Gasteiger partial charge in [0.25, 0.3) is 5.91 Å². The molecule has 0 radical (unpaired) electrons. The van der Waals surface area contributed by atoms with E-state index < -0.39 is 0 Å². The van der Waals surface area contributed by atoms with Crippen molar-refractivity contribution >= 4 is 11.6 Å². The first-order valence-electron chi connectivity index (χ1n) is 5.51. The predicted molar refractivity (Wildman–Crippen MR) is 68.7 cm³/mol. The van der Waals surface area contributed by atoms with Gasteiger partial charge in [0.1, 0.15) is 11.5 Å². The Morgan fingerprint density at radius 2 is 1.72 bits per heavy atom. The van der Waals surface area contributed by atoms with Gasteiger partial charge in [-0.25, -0.2) is 0 Å². The van der Waals surface area contributed by atoms with Gasteiger partial charge in [-0.3, -0.25) is 4.79 Å². The molecule has 0 aliphatic rings. The highest BCUT2D eigenvalue weighted by atomic mass is 16.5. The largest absolute Gasteiger partial charge is 0.508 e. The van der Waals surface area contributed by atoms with E-state index in [-0.39, 0.29) is 18.3 Å². The van der Waals surface area contributed by atoms with Gasteiger partial charge in [0, 0.05) is 5.69 Å². The van der Waals surface area contributed by atoms with E-state index in [4.69, 9.17) is 9.84 Å². The SMILES string of the molecule is O=C(COc1ccccc1)Nc1ccc(O)cc1. The second-order valence-corrected chi connectivity index (χ2v) is 3.70. The van der Waals surface area contributed by atoms with Crippen molar-refractivity contribution in [3.63, 3.8) is 0 Å². The quantitative estimate of drug-likeness (QED) is 0.811. The average Bonchev–Trinajstić information content (AvgIpc) is 2.40. The maximum absolute atomic E-state index is 11.6. The molecule has 0 atom stereocenters. The van der Waals surface area contributed by atoms with Crippen molar-refractivity contribution < 1.29 is 14.6 Å². The molecule has 0 fully saturated rings. The molecule has 0 aromatic heterocycles. The minimum Gasteiger partial charge on any atom is -0.508 e. The van der Waals surface area contributed by atoms with Gasteiger partial charge in [-0.1, -0.05) is 18.2 Å². The van der Waals surface area contributed by atoms with E-state index in [1.165, 1.54) is 12.1 Å². The van der Waals surface area contributed by atoms with Gasteiger partial charge in [0.15, 0.2) is 6.61 Å². The molecule has 18 heavy (non-hydrogen) atoms. The highest BCUT2D eigenvalue weighted by molar-refractivity contribution is 5.91. The van der Waals surface area contributed by atoms with Gasteiger partial charge in [-0.15, -0.1) is 0 Å². The lowest BCUT2D eigenvalue weighted by atomic mass is 10.3. The van der Waals surface area contributed by atoms with Crippen LogP contribution in [0.3, 0.4) is 0 Å². The van der Waals surface area contributed by atoms with Gasteiger partial charge in [-0.2, -0.15) is 0 Å². The minimum atomic E-state index is -0.246. The van der Waals surface area contributed by atoms with Gasteiger partial charge in [-0.05, 0) is 36.4 Å². The molecule has 0 aliphatic heterocycles. The summed E-state index contributed by atoms with van der Waals surface area (Å²) in [4.78, 5) is 11.6. The van der Waals surface area contributed by atoms with Crippen LogP contribution in [-0.2, 0) is 4.79 Å². The van der Waals surface area contributed by atoms with Crippen molar-refractivity contribution in [2.75, 3.05) is 11.9 Å². The smallest absolute Gasteiger partial charge is 0.262 e. The number of hydrogen-bond donors (Lipinski definition) is 2. The topological polar surface area (TPSA) is 58.6 Å². The number of ether oxygens (including phenoxy) is 1. The van der Waals surface area contributed by atoms with Gasteiger partial charge < -0.3 is 15.2 Å². The lowest BCUT2D eigenvalue weighted by molar-refractivity contribution is -0.118. The third kappa shape index (κ3) is 3.52. The fourth-order valence-corrected chi connectivity index (χ4v) is 1.41. The summed E-state index contributed by atoms with van der Waals surface area (Å²) in [5.41, 5.74) is 0.620. The first-order chi connectivity index (χ1) is 8.74. The van der Waals surface area contributed by atoms with Crippen molar-refractivity contribution in [1.29, 1.82) is 0 Å². The van der Waals surface area contributed by atoms with Crippen LogP contribution < -0.4 is 10.1 Å². The minimum absolute atomic E-state index is 0.0507. The van der Waals surface area contributed by atoms with Crippen LogP contribution in [0, 0.1) is 0 Å². The first-order valence-corrected chi connectivity index (χ1v) is 5.51. The third-order valence-corrected chi connectivity index (χ3v) is 2.26. The number of para-hydroxylation sites is 1. The Morgan fingerprint density at radius 3 is 2.39 bits per heavy atom. The molecule has 0 aliphatic carbocycles. The number of anilines is 1.